The van der Waals surface area contributed by atoms with Gasteiger partial charge in [-0.25, -0.2) is 4.79 Å². The Kier molecular flexibility index (Phi) is 5.32. The fourth-order valence-electron chi connectivity index (χ4n) is 1.46. The van der Waals surface area contributed by atoms with Crippen molar-refractivity contribution >= 4 is 11.9 Å². The monoisotopic (exact) mass is 250 g/mol. The third-order valence-corrected chi connectivity index (χ3v) is 2.69. The van der Waals surface area contributed by atoms with Crippen LogP contribution >= 0.6 is 0 Å². The van der Waals surface area contributed by atoms with Crippen LogP contribution in [-0.4, -0.2) is 29.6 Å². The van der Waals surface area contributed by atoms with Gasteiger partial charge < -0.3 is 16.2 Å². The highest BCUT2D eigenvalue weighted by Gasteiger charge is 2.09. The van der Waals surface area contributed by atoms with Crippen molar-refractivity contribution in [3.05, 3.63) is 35.4 Å². The summed E-state index contributed by atoms with van der Waals surface area (Å²) in [6, 6.07) is 6.14. The zero-order valence-corrected chi connectivity index (χ0v) is 10.3. The number of nitrogens with two attached hydrogens (primary N) is 1. The number of carboxylic acids is 1. The summed E-state index contributed by atoms with van der Waals surface area (Å²) in [5, 5.41) is 11.5. The molecule has 18 heavy (non-hydrogen) atoms. The van der Waals surface area contributed by atoms with Gasteiger partial charge in [0.1, 0.15) is 0 Å². The van der Waals surface area contributed by atoms with Crippen LogP contribution in [0.4, 0.5) is 0 Å². The largest absolute Gasteiger partial charge is 0.478 e. The molecule has 1 aromatic carbocycles. The Morgan fingerprint density at radius 1 is 1.33 bits per heavy atom. The van der Waals surface area contributed by atoms with Crippen molar-refractivity contribution in [2.24, 2.45) is 5.73 Å². The summed E-state index contributed by atoms with van der Waals surface area (Å²) in [6.07, 6.45) is 1.27. The SMILES string of the molecule is CC[C@H](N)C(=O)NCCc1ccc(C(=O)O)cc1. The lowest BCUT2D eigenvalue weighted by molar-refractivity contribution is -0.122. The van der Waals surface area contributed by atoms with Crippen LogP contribution in [0.25, 0.3) is 0 Å². The average Bonchev–Trinajstić information content (AvgIpc) is 2.38. The first-order chi connectivity index (χ1) is 8.54. The molecular weight excluding hydrogens is 232 g/mol. The number of carbonyl (C=O) groups is 2. The highest BCUT2D eigenvalue weighted by molar-refractivity contribution is 5.87. The fraction of sp³-hybridized carbons (Fsp3) is 0.385. The van der Waals surface area contributed by atoms with Gasteiger partial charge in [0, 0.05) is 6.54 Å². The summed E-state index contributed by atoms with van der Waals surface area (Å²) in [6.45, 7) is 2.35. The highest BCUT2D eigenvalue weighted by Crippen LogP contribution is 2.04. The zero-order valence-electron chi connectivity index (χ0n) is 10.3. The standard InChI is InChI=1S/C13H18N2O3/c1-2-11(14)12(16)15-8-7-9-3-5-10(6-4-9)13(17)18/h3-6,11H,2,7-8,14H2,1H3,(H,15,16)(H,17,18)/t11-/m0/s1. The minimum absolute atomic E-state index is 0.153. The summed E-state index contributed by atoms with van der Waals surface area (Å²) in [5.41, 5.74) is 6.81. The van der Waals surface area contributed by atoms with E-state index in [4.69, 9.17) is 10.8 Å². The normalized spacial score (nSPS) is 11.9. The summed E-state index contributed by atoms with van der Waals surface area (Å²) in [5.74, 6) is -1.09. The van der Waals surface area contributed by atoms with Crippen LogP contribution in [-0.2, 0) is 11.2 Å². The Morgan fingerprint density at radius 3 is 2.44 bits per heavy atom. The summed E-state index contributed by atoms with van der Waals surface area (Å²) >= 11 is 0. The lowest BCUT2D eigenvalue weighted by Gasteiger charge is -2.09. The van der Waals surface area contributed by atoms with E-state index in [1.54, 1.807) is 24.3 Å². The quantitative estimate of drug-likeness (QED) is 0.695. The predicted molar refractivity (Wildman–Crippen MR) is 68.4 cm³/mol. The second-order valence-corrected chi connectivity index (χ2v) is 4.06. The fourth-order valence-corrected chi connectivity index (χ4v) is 1.46. The molecule has 0 unspecified atom stereocenters. The molecule has 5 nitrogen and oxygen atoms in total. The van der Waals surface area contributed by atoms with Gasteiger partial charge in [-0.05, 0) is 30.5 Å². The van der Waals surface area contributed by atoms with Crippen molar-refractivity contribution in [3.8, 4) is 0 Å². The lowest BCUT2D eigenvalue weighted by Crippen LogP contribution is -2.40. The van der Waals surface area contributed by atoms with Gasteiger partial charge in [-0.3, -0.25) is 4.79 Å². The smallest absolute Gasteiger partial charge is 0.335 e. The third-order valence-electron chi connectivity index (χ3n) is 2.69. The van der Waals surface area contributed by atoms with Gasteiger partial charge in [-0.15, -0.1) is 0 Å². The maximum absolute atomic E-state index is 11.4. The molecule has 5 heteroatoms. The van der Waals surface area contributed by atoms with E-state index < -0.39 is 12.0 Å². The van der Waals surface area contributed by atoms with E-state index in [9.17, 15) is 9.59 Å². The Labute approximate surface area is 106 Å². The molecule has 1 atom stereocenters. The van der Waals surface area contributed by atoms with E-state index in [0.717, 1.165) is 5.56 Å². The number of nitrogens with one attached hydrogen (secondary N) is 1. The number of hydrogen-bond donors (Lipinski definition) is 3. The number of carboxylic acid groups (broad SMARTS) is 1. The number of aromatic carboxylic acids is 1. The Bertz CT molecular complexity index is 415. The molecule has 0 radical (unpaired) electrons. The van der Waals surface area contributed by atoms with Crippen LogP contribution in [0, 0.1) is 0 Å². The molecule has 0 saturated carbocycles. The van der Waals surface area contributed by atoms with Gasteiger partial charge in [-0.1, -0.05) is 19.1 Å². The molecular formula is C13H18N2O3. The van der Waals surface area contributed by atoms with E-state index in [2.05, 4.69) is 5.32 Å². The third kappa shape index (κ3) is 4.18. The van der Waals surface area contributed by atoms with Gasteiger partial charge in [0.2, 0.25) is 5.91 Å². The van der Waals surface area contributed by atoms with Crippen molar-refractivity contribution in [1.82, 2.24) is 5.32 Å². The van der Waals surface area contributed by atoms with Crippen molar-refractivity contribution < 1.29 is 14.7 Å². The van der Waals surface area contributed by atoms with Crippen LogP contribution in [0.15, 0.2) is 24.3 Å². The van der Waals surface area contributed by atoms with Gasteiger partial charge in [-0.2, -0.15) is 0 Å². The first kappa shape index (κ1) is 14.2. The summed E-state index contributed by atoms with van der Waals surface area (Å²) < 4.78 is 0. The second kappa shape index (κ2) is 6.76. The van der Waals surface area contributed by atoms with Crippen molar-refractivity contribution in [1.29, 1.82) is 0 Å². The number of carbonyl (C=O) groups excluding carboxylic acids is 1. The van der Waals surface area contributed by atoms with E-state index in [-0.39, 0.29) is 11.5 Å². The molecule has 0 aliphatic carbocycles. The molecule has 1 amide bonds. The zero-order chi connectivity index (χ0) is 13.5. The minimum Gasteiger partial charge on any atom is -0.478 e. The lowest BCUT2D eigenvalue weighted by atomic mass is 10.1. The molecule has 0 saturated heterocycles. The maximum Gasteiger partial charge on any atom is 0.335 e. The van der Waals surface area contributed by atoms with Gasteiger partial charge >= 0.3 is 5.97 Å². The van der Waals surface area contributed by atoms with E-state index >= 15 is 0 Å². The Morgan fingerprint density at radius 2 is 1.94 bits per heavy atom. The van der Waals surface area contributed by atoms with Crippen LogP contribution in [0.1, 0.15) is 29.3 Å². The van der Waals surface area contributed by atoms with Crippen LogP contribution < -0.4 is 11.1 Å². The molecule has 0 aliphatic rings. The summed E-state index contributed by atoms with van der Waals surface area (Å²) in [7, 11) is 0. The van der Waals surface area contributed by atoms with Crippen molar-refractivity contribution in [2.45, 2.75) is 25.8 Å². The van der Waals surface area contributed by atoms with Crippen molar-refractivity contribution in [2.75, 3.05) is 6.54 Å². The van der Waals surface area contributed by atoms with E-state index in [0.29, 0.717) is 19.4 Å². The van der Waals surface area contributed by atoms with Crippen molar-refractivity contribution in [3.63, 3.8) is 0 Å². The van der Waals surface area contributed by atoms with Gasteiger partial charge in [0.05, 0.1) is 11.6 Å². The molecule has 0 bridgehead atoms. The molecule has 1 aromatic rings. The molecule has 1 rings (SSSR count). The first-order valence-corrected chi connectivity index (χ1v) is 5.90. The topological polar surface area (TPSA) is 92.4 Å². The number of amides is 1. The highest BCUT2D eigenvalue weighted by atomic mass is 16.4. The van der Waals surface area contributed by atoms with Crippen LogP contribution in [0.5, 0.6) is 0 Å². The predicted octanol–water partition coefficient (Wildman–Crippen LogP) is 0.781. The molecule has 0 aromatic heterocycles. The molecule has 0 spiro atoms. The number of hydrogen-bond acceptors (Lipinski definition) is 3. The molecule has 0 aliphatic heterocycles. The Hall–Kier alpha value is -1.88. The van der Waals surface area contributed by atoms with Gasteiger partial charge in [0.25, 0.3) is 0 Å². The number of benzene rings is 1. The minimum atomic E-state index is -0.941. The van der Waals surface area contributed by atoms with Gasteiger partial charge in [0.15, 0.2) is 0 Å². The molecule has 0 fully saturated rings. The molecule has 0 heterocycles. The summed E-state index contributed by atoms with van der Waals surface area (Å²) in [4.78, 5) is 22.0. The first-order valence-electron chi connectivity index (χ1n) is 5.90. The van der Waals surface area contributed by atoms with E-state index in [1.807, 2.05) is 6.92 Å². The van der Waals surface area contributed by atoms with E-state index in [1.165, 1.54) is 0 Å². The Balaban J connectivity index is 2.40. The molecule has 98 valence electrons. The second-order valence-electron chi connectivity index (χ2n) is 4.06. The maximum atomic E-state index is 11.4. The average molecular weight is 250 g/mol. The van der Waals surface area contributed by atoms with Crippen LogP contribution in [0.3, 0.4) is 0 Å². The van der Waals surface area contributed by atoms with Crippen LogP contribution in [0.2, 0.25) is 0 Å². The molecule has 4 N–H and O–H groups in total. The number of rotatable bonds is 6.